The van der Waals surface area contributed by atoms with E-state index in [1.807, 2.05) is 0 Å². The van der Waals surface area contributed by atoms with Crippen molar-refractivity contribution in [2.24, 2.45) is 0 Å². The Morgan fingerprint density at radius 3 is 1.01 bits per heavy atom. The standard InChI is InChI=1S/C31H42N2.2C23H47.Ni/c1-5-8-11-12-21-30(29(24-33-32)18-10-7-3)31(27-19-13-15-25(4)22-27)28-20-14-17-26(23-28)16-9-6-2;2*1-3-5-7-9-11-13-15-17-19-21-23-22-20-18-16-14-12-10-8-6-4-2;/h13-15,17,19-20,22-23H,5-12,16,18,21H2,1-4H3;2*1,3-23H2,2H3;/q;2*-1;+2. The molecule has 0 N–H and O–H groups in total. The van der Waals surface area contributed by atoms with Crippen LogP contribution in [0.25, 0.3) is 11.1 Å². The molecule has 0 aromatic heterocycles. The van der Waals surface area contributed by atoms with Gasteiger partial charge in [-0.1, -0.05) is 378 Å². The second kappa shape index (κ2) is 66.0. The van der Waals surface area contributed by atoms with Crippen molar-refractivity contribution >= 4 is 11.4 Å². The van der Waals surface area contributed by atoms with Crippen molar-refractivity contribution in [2.45, 2.75) is 382 Å². The van der Waals surface area contributed by atoms with Crippen LogP contribution >= 0.6 is 0 Å². The van der Waals surface area contributed by atoms with E-state index in [2.05, 4.69) is 115 Å². The molecule has 2 aromatic rings. The summed E-state index contributed by atoms with van der Waals surface area (Å²) in [4.78, 5) is 3.38. The molecule has 2 aromatic carbocycles. The van der Waals surface area contributed by atoms with E-state index in [0.29, 0.717) is 0 Å². The number of benzene rings is 2. The van der Waals surface area contributed by atoms with Gasteiger partial charge in [-0.15, -0.1) is 4.79 Å². The van der Waals surface area contributed by atoms with Gasteiger partial charge in [-0.05, 0) is 73.3 Å². The van der Waals surface area contributed by atoms with Gasteiger partial charge in [0.15, 0.2) is 0 Å². The summed E-state index contributed by atoms with van der Waals surface area (Å²) >= 11 is 0. The molecule has 0 fully saturated rings. The molecule has 0 heterocycles. The zero-order valence-corrected chi connectivity index (χ0v) is 55.7. The van der Waals surface area contributed by atoms with Crippen LogP contribution in [0.5, 0.6) is 0 Å². The van der Waals surface area contributed by atoms with E-state index >= 15 is 0 Å². The molecular formula is C77H136N2Ni. The van der Waals surface area contributed by atoms with E-state index in [1.165, 1.54) is 322 Å². The Morgan fingerprint density at radius 1 is 0.375 bits per heavy atom. The van der Waals surface area contributed by atoms with Gasteiger partial charge in [-0.25, -0.2) is 0 Å². The fourth-order valence-electron chi connectivity index (χ4n) is 11.3. The molecule has 0 amide bonds. The van der Waals surface area contributed by atoms with Crippen molar-refractivity contribution in [3.8, 4) is 0 Å². The predicted octanol–water partition coefficient (Wildman–Crippen LogP) is 27.2. The fourth-order valence-corrected chi connectivity index (χ4v) is 11.3. The molecule has 0 saturated heterocycles. The maximum atomic E-state index is 9.47. The third kappa shape index (κ3) is 51.5. The summed E-state index contributed by atoms with van der Waals surface area (Å²) in [5, 5.41) is 0. The second-order valence-electron chi connectivity index (χ2n) is 24.3. The van der Waals surface area contributed by atoms with Gasteiger partial charge in [0.1, 0.15) is 0 Å². The largest absolute Gasteiger partial charge is 2.00 e. The molecule has 0 bridgehead atoms. The fraction of sp³-hybridized carbons (Fsp3) is 0.766. The summed E-state index contributed by atoms with van der Waals surface area (Å²) in [5.74, 6) is 2.98. The van der Waals surface area contributed by atoms with Gasteiger partial charge in [0, 0.05) is 0 Å². The van der Waals surface area contributed by atoms with E-state index in [9.17, 15) is 5.53 Å². The van der Waals surface area contributed by atoms with Crippen LogP contribution in [0.3, 0.4) is 0 Å². The Morgan fingerprint density at radius 2 is 0.688 bits per heavy atom. The van der Waals surface area contributed by atoms with Gasteiger partial charge in [0.25, 0.3) is 0 Å². The minimum absolute atomic E-state index is 0. The summed E-state index contributed by atoms with van der Waals surface area (Å²) in [6.07, 6.45) is 73.0. The Balaban J connectivity index is 0. The molecule has 80 heavy (non-hydrogen) atoms. The number of hydrogen-bond donors (Lipinski definition) is 0. The number of allylic oxidation sites excluding steroid dienone is 2. The zero-order chi connectivity index (χ0) is 57.6. The third-order valence-corrected chi connectivity index (χ3v) is 16.5. The van der Waals surface area contributed by atoms with Crippen molar-refractivity contribution in [2.75, 3.05) is 0 Å². The number of rotatable bonds is 54. The van der Waals surface area contributed by atoms with Gasteiger partial charge in [-0.3, -0.25) is 0 Å². The number of unbranched alkanes of at least 4 members (excludes halogenated alkanes) is 45. The van der Waals surface area contributed by atoms with Crippen molar-refractivity contribution < 1.29 is 21.3 Å². The van der Waals surface area contributed by atoms with Crippen LogP contribution in [-0.4, -0.2) is 10.7 Å². The van der Waals surface area contributed by atoms with Crippen LogP contribution in [0.15, 0.2) is 59.7 Å². The van der Waals surface area contributed by atoms with Gasteiger partial charge in [0.2, 0.25) is 0 Å². The minimum Gasteiger partial charge on any atom is -0.348 e. The van der Waals surface area contributed by atoms with E-state index < -0.39 is 0 Å². The van der Waals surface area contributed by atoms with E-state index in [4.69, 9.17) is 0 Å². The van der Waals surface area contributed by atoms with Crippen molar-refractivity contribution in [1.29, 1.82) is 0 Å². The number of hydrogen-bond acceptors (Lipinski definition) is 0. The van der Waals surface area contributed by atoms with Gasteiger partial charge in [0.05, 0.1) is 5.57 Å². The molecule has 2 rings (SSSR count). The van der Waals surface area contributed by atoms with Crippen molar-refractivity contribution in [3.05, 3.63) is 101 Å². The molecule has 0 unspecified atom stereocenters. The van der Waals surface area contributed by atoms with Crippen molar-refractivity contribution in [1.82, 2.24) is 0 Å². The second-order valence-corrected chi connectivity index (χ2v) is 24.3. The van der Waals surface area contributed by atoms with Gasteiger partial charge in [-0.2, -0.15) is 12.8 Å². The smallest absolute Gasteiger partial charge is 0.348 e. The summed E-state index contributed by atoms with van der Waals surface area (Å²) in [6.45, 7) is 21.3. The van der Waals surface area contributed by atoms with E-state index in [1.54, 1.807) is 0 Å². The van der Waals surface area contributed by atoms with E-state index in [0.717, 1.165) is 56.9 Å². The Labute approximate surface area is 512 Å². The first kappa shape index (κ1) is 79.9. The molecule has 0 saturated carbocycles. The maximum Gasteiger partial charge on any atom is 2.00 e. The van der Waals surface area contributed by atoms with Crippen LogP contribution in [0.1, 0.15) is 391 Å². The topological polar surface area (TPSA) is 36.4 Å². The molecule has 0 spiro atoms. The maximum absolute atomic E-state index is 9.47. The molecule has 0 aliphatic rings. The molecule has 464 valence electrons. The molecule has 0 radical (unpaired) electrons. The first-order valence-corrected chi connectivity index (χ1v) is 35.4. The van der Waals surface area contributed by atoms with Gasteiger partial charge < -0.3 is 19.4 Å². The summed E-state index contributed by atoms with van der Waals surface area (Å²) < 4.78 is 0. The van der Waals surface area contributed by atoms with Crippen molar-refractivity contribution in [3.63, 3.8) is 0 Å². The first-order valence-electron chi connectivity index (χ1n) is 35.4. The van der Waals surface area contributed by atoms with Crippen LogP contribution in [0.4, 0.5) is 0 Å². The van der Waals surface area contributed by atoms with Crippen LogP contribution in [0.2, 0.25) is 0 Å². The quantitative estimate of drug-likeness (QED) is 0.0120. The Hall–Kier alpha value is -2.17. The Bertz CT molecular complexity index is 1600. The summed E-state index contributed by atoms with van der Waals surface area (Å²) in [7, 11) is 0. The normalized spacial score (nSPS) is 11.2. The minimum atomic E-state index is 0. The van der Waals surface area contributed by atoms with E-state index in [-0.39, 0.29) is 16.5 Å². The Kier molecular flexibility index (Phi) is 65.9. The molecule has 0 aliphatic heterocycles. The average molecular weight is 1150 g/mol. The predicted molar refractivity (Wildman–Crippen MR) is 359 cm³/mol. The van der Waals surface area contributed by atoms with Crippen LogP contribution in [-0.2, 0) is 22.9 Å². The summed E-state index contributed by atoms with van der Waals surface area (Å²) in [6, 6.07) is 17.9. The molecule has 0 atom stereocenters. The van der Waals surface area contributed by atoms with Crippen LogP contribution in [0, 0.1) is 20.8 Å². The third-order valence-electron chi connectivity index (χ3n) is 16.5. The molecule has 2 nitrogen and oxygen atoms in total. The number of aryl methyl sites for hydroxylation is 2. The first-order chi connectivity index (χ1) is 39.0. The van der Waals surface area contributed by atoms with Gasteiger partial charge >= 0.3 is 22.4 Å². The molecular weight excluding hydrogens is 1010 g/mol. The number of nitrogens with zero attached hydrogens (tertiary/aromatic N) is 2. The summed E-state index contributed by atoms with van der Waals surface area (Å²) in [5.41, 5.74) is 18.2. The molecule has 3 heteroatoms. The SMILES string of the molecule is CCCCCCC(C(=C=[N+]=[N-])CCCC)=C(c1cccc(C)c1)c1cccc(CCCC)c1.[CH2-]CCCCCCCCCCCCCCCCCCCCCC.[CH2-]CCCCCCCCCCCCCCCCCCCCCC.[Ni+2]. The molecule has 0 aliphatic carbocycles. The average Bonchev–Trinajstić information content (AvgIpc) is 3.46. The van der Waals surface area contributed by atoms with Crippen LogP contribution < -0.4 is 0 Å². The monoisotopic (exact) mass is 1150 g/mol. The zero-order valence-electron chi connectivity index (χ0n) is 54.7.